The van der Waals surface area contributed by atoms with Crippen LogP contribution in [-0.4, -0.2) is 43.5 Å². The van der Waals surface area contributed by atoms with E-state index in [9.17, 15) is 18.0 Å². The SMILES string of the molecule is CC(=O)c1ccc(S(=O)(=O)N2CCC(NC(=O)C3CCCCC3)CC2)cc1. The van der Waals surface area contributed by atoms with Gasteiger partial charge in [-0.05, 0) is 44.7 Å². The summed E-state index contributed by atoms with van der Waals surface area (Å²) in [6.07, 6.45) is 6.65. The Labute approximate surface area is 161 Å². The molecule has 148 valence electrons. The summed E-state index contributed by atoms with van der Waals surface area (Å²) in [5, 5.41) is 3.12. The van der Waals surface area contributed by atoms with Gasteiger partial charge in [0.1, 0.15) is 0 Å². The lowest BCUT2D eigenvalue weighted by atomic mass is 9.88. The number of ketones is 1. The molecule has 7 heteroatoms. The summed E-state index contributed by atoms with van der Waals surface area (Å²) in [4.78, 5) is 23.9. The van der Waals surface area contributed by atoms with Crippen molar-refractivity contribution in [3.8, 4) is 0 Å². The summed E-state index contributed by atoms with van der Waals surface area (Å²) in [6, 6.07) is 6.12. The second-order valence-corrected chi connectivity index (χ2v) is 9.54. The van der Waals surface area contributed by atoms with Gasteiger partial charge in [0, 0.05) is 30.6 Å². The van der Waals surface area contributed by atoms with Gasteiger partial charge in [-0.25, -0.2) is 8.42 Å². The van der Waals surface area contributed by atoms with E-state index in [2.05, 4.69) is 5.32 Å². The Morgan fingerprint density at radius 3 is 2.11 bits per heavy atom. The van der Waals surface area contributed by atoms with E-state index in [4.69, 9.17) is 0 Å². The molecule has 6 nitrogen and oxygen atoms in total. The van der Waals surface area contributed by atoms with Gasteiger partial charge in [-0.15, -0.1) is 0 Å². The van der Waals surface area contributed by atoms with Gasteiger partial charge in [0.05, 0.1) is 4.90 Å². The molecule has 2 fully saturated rings. The largest absolute Gasteiger partial charge is 0.353 e. The molecule has 27 heavy (non-hydrogen) atoms. The van der Waals surface area contributed by atoms with Crippen LogP contribution < -0.4 is 5.32 Å². The third-order valence-electron chi connectivity index (χ3n) is 5.67. The third-order valence-corrected chi connectivity index (χ3v) is 7.59. The predicted molar refractivity (Wildman–Crippen MR) is 103 cm³/mol. The Balaban J connectivity index is 1.56. The summed E-state index contributed by atoms with van der Waals surface area (Å²) in [7, 11) is -3.57. The normalized spacial score (nSPS) is 20.3. The molecule has 1 amide bonds. The molecule has 1 aromatic rings. The molecule has 3 rings (SSSR count). The highest BCUT2D eigenvalue weighted by molar-refractivity contribution is 7.89. The maximum atomic E-state index is 12.8. The van der Waals surface area contributed by atoms with Crippen LogP contribution in [-0.2, 0) is 14.8 Å². The minimum absolute atomic E-state index is 0.0472. The van der Waals surface area contributed by atoms with Crippen LogP contribution in [0, 0.1) is 5.92 Å². The zero-order valence-electron chi connectivity index (χ0n) is 15.8. The van der Waals surface area contributed by atoms with Crippen molar-refractivity contribution in [2.24, 2.45) is 5.92 Å². The van der Waals surface area contributed by atoms with Crippen LogP contribution in [0.15, 0.2) is 29.2 Å². The molecule has 1 aliphatic carbocycles. The highest BCUT2D eigenvalue weighted by Gasteiger charge is 2.31. The first-order valence-electron chi connectivity index (χ1n) is 9.79. The van der Waals surface area contributed by atoms with Crippen molar-refractivity contribution in [2.75, 3.05) is 13.1 Å². The number of hydrogen-bond donors (Lipinski definition) is 1. The van der Waals surface area contributed by atoms with Crippen molar-refractivity contribution < 1.29 is 18.0 Å². The number of carbonyl (C=O) groups is 2. The molecule has 1 N–H and O–H groups in total. The van der Waals surface area contributed by atoms with Gasteiger partial charge in [0.15, 0.2) is 5.78 Å². The minimum atomic E-state index is -3.57. The van der Waals surface area contributed by atoms with Crippen molar-refractivity contribution in [1.82, 2.24) is 9.62 Å². The first-order chi connectivity index (χ1) is 12.9. The summed E-state index contributed by atoms with van der Waals surface area (Å²) < 4.78 is 27.1. The summed E-state index contributed by atoms with van der Waals surface area (Å²) in [6.45, 7) is 2.24. The van der Waals surface area contributed by atoms with Crippen LogP contribution in [0.1, 0.15) is 62.2 Å². The Kier molecular flexibility index (Phi) is 6.32. The summed E-state index contributed by atoms with van der Waals surface area (Å²) >= 11 is 0. The number of nitrogens with zero attached hydrogens (tertiary/aromatic N) is 1. The molecule has 2 aliphatic rings. The lowest BCUT2D eigenvalue weighted by Crippen LogP contribution is -2.48. The molecule has 1 aromatic carbocycles. The van der Waals surface area contributed by atoms with Crippen LogP contribution in [0.25, 0.3) is 0 Å². The van der Waals surface area contributed by atoms with E-state index >= 15 is 0 Å². The first kappa shape index (κ1) is 20.0. The molecule has 0 radical (unpaired) electrons. The molecule has 1 heterocycles. The molecular weight excluding hydrogens is 364 g/mol. The Bertz CT molecular complexity index is 775. The van der Waals surface area contributed by atoms with Crippen molar-refractivity contribution in [3.63, 3.8) is 0 Å². The fraction of sp³-hybridized carbons (Fsp3) is 0.600. The standard InChI is InChI=1S/C20H28N2O4S/c1-15(23)16-7-9-19(10-8-16)27(25,26)22-13-11-18(12-14-22)21-20(24)17-5-3-2-4-6-17/h7-10,17-18H,2-6,11-14H2,1H3,(H,21,24). The summed E-state index contributed by atoms with van der Waals surface area (Å²) in [5.41, 5.74) is 0.498. The zero-order chi connectivity index (χ0) is 19.4. The number of piperidine rings is 1. The van der Waals surface area contributed by atoms with E-state index in [0.717, 1.165) is 25.7 Å². The molecule has 0 aromatic heterocycles. The van der Waals surface area contributed by atoms with Gasteiger partial charge < -0.3 is 5.32 Å². The minimum Gasteiger partial charge on any atom is -0.353 e. The summed E-state index contributed by atoms with van der Waals surface area (Å²) in [5.74, 6) is 0.171. The van der Waals surface area contributed by atoms with Crippen molar-refractivity contribution in [1.29, 1.82) is 0 Å². The zero-order valence-corrected chi connectivity index (χ0v) is 16.6. The molecule has 1 saturated carbocycles. The lowest BCUT2D eigenvalue weighted by Gasteiger charge is -2.32. The highest BCUT2D eigenvalue weighted by atomic mass is 32.2. The smallest absolute Gasteiger partial charge is 0.243 e. The van der Waals surface area contributed by atoms with E-state index < -0.39 is 10.0 Å². The van der Waals surface area contributed by atoms with Crippen molar-refractivity contribution in [2.45, 2.75) is 62.8 Å². The van der Waals surface area contributed by atoms with E-state index in [-0.39, 0.29) is 28.5 Å². The van der Waals surface area contributed by atoms with Gasteiger partial charge >= 0.3 is 0 Å². The van der Waals surface area contributed by atoms with Crippen LogP contribution in [0.5, 0.6) is 0 Å². The molecule has 0 bridgehead atoms. The van der Waals surface area contributed by atoms with Crippen LogP contribution >= 0.6 is 0 Å². The molecule has 1 saturated heterocycles. The number of amides is 1. The van der Waals surface area contributed by atoms with E-state index in [1.54, 1.807) is 12.1 Å². The molecule has 1 aliphatic heterocycles. The highest BCUT2D eigenvalue weighted by Crippen LogP contribution is 2.25. The fourth-order valence-electron chi connectivity index (χ4n) is 3.93. The second kappa shape index (κ2) is 8.52. The number of hydrogen-bond acceptors (Lipinski definition) is 4. The van der Waals surface area contributed by atoms with Crippen molar-refractivity contribution >= 4 is 21.7 Å². The number of sulfonamides is 1. The number of carbonyl (C=O) groups excluding carboxylic acids is 2. The molecule has 0 spiro atoms. The maximum Gasteiger partial charge on any atom is 0.243 e. The average Bonchev–Trinajstić information content (AvgIpc) is 2.69. The predicted octanol–water partition coefficient (Wildman–Crippen LogP) is 2.74. The van der Waals surface area contributed by atoms with Crippen LogP contribution in [0.4, 0.5) is 0 Å². The van der Waals surface area contributed by atoms with Gasteiger partial charge in [-0.1, -0.05) is 31.4 Å². The van der Waals surface area contributed by atoms with Gasteiger partial charge in [-0.2, -0.15) is 4.31 Å². The van der Waals surface area contributed by atoms with E-state index in [1.165, 1.54) is 29.8 Å². The fourth-order valence-corrected chi connectivity index (χ4v) is 5.40. The number of Topliss-reactive ketones (excluding diaryl/α,β-unsaturated/α-hetero) is 1. The lowest BCUT2D eigenvalue weighted by molar-refractivity contribution is -0.126. The monoisotopic (exact) mass is 392 g/mol. The number of benzene rings is 1. The Morgan fingerprint density at radius 2 is 1.56 bits per heavy atom. The molecule has 0 unspecified atom stereocenters. The maximum absolute atomic E-state index is 12.8. The van der Waals surface area contributed by atoms with E-state index in [1.807, 2.05) is 0 Å². The van der Waals surface area contributed by atoms with Crippen LogP contribution in [0.3, 0.4) is 0 Å². The number of rotatable bonds is 5. The second-order valence-electron chi connectivity index (χ2n) is 7.60. The van der Waals surface area contributed by atoms with Gasteiger partial charge in [0.2, 0.25) is 15.9 Å². The first-order valence-corrected chi connectivity index (χ1v) is 11.2. The molecular formula is C20H28N2O4S. The quantitative estimate of drug-likeness (QED) is 0.781. The Hall–Kier alpha value is -1.73. The topological polar surface area (TPSA) is 83.6 Å². The average molecular weight is 393 g/mol. The Morgan fingerprint density at radius 1 is 0.963 bits per heavy atom. The third kappa shape index (κ3) is 4.76. The van der Waals surface area contributed by atoms with Crippen LogP contribution in [0.2, 0.25) is 0 Å². The van der Waals surface area contributed by atoms with Gasteiger partial charge in [0.25, 0.3) is 0 Å². The van der Waals surface area contributed by atoms with Crippen molar-refractivity contribution in [3.05, 3.63) is 29.8 Å². The number of nitrogens with one attached hydrogen (secondary N) is 1. The molecule has 0 atom stereocenters. The van der Waals surface area contributed by atoms with Gasteiger partial charge in [-0.3, -0.25) is 9.59 Å². The van der Waals surface area contributed by atoms with E-state index in [0.29, 0.717) is 31.5 Å².